The van der Waals surface area contributed by atoms with Crippen molar-refractivity contribution in [2.24, 2.45) is 10.7 Å². The molecule has 158 valence electrons. The number of rotatable bonds is 4. The summed E-state index contributed by atoms with van der Waals surface area (Å²) in [6, 6.07) is 5.29. The first kappa shape index (κ1) is 20.5. The summed E-state index contributed by atoms with van der Waals surface area (Å²) in [6.45, 7) is -0.931. The van der Waals surface area contributed by atoms with Gasteiger partial charge >= 0.3 is 0 Å². The highest BCUT2D eigenvalue weighted by atomic mass is 19.1. The summed E-state index contributed by atoms with van der Waals surface area (Å²) in [6.07, 6.45) is 3.38. The topological polar surface area (TPSA) is 84.5 Å². The van der Waals surface area contributed by atoms with E-state index in [0.717, 1.165) is 23.2 Å². The molecule has 1 aromatic carbocycles. The second-order valence-electron chi connectivity index (χ2n) is 6.92. The number of aliphatic imine (C=N–C) groups is 1. The second-order valence-corrected chi connectivity index (χ2v) is 6.92. The van der Waals surface area contributed by atoms with Crippen molar-refractivity contribution in [1.82, 2.24) is 14.9 Å². The average molecular weight is 429 g/mol. The number of guanidine groups is 1. The number of carbonyl (C=O) groups excluding carboxylic acids is 1. The number of amides is 1. The molecule has 0 saturated heterocycles. The van der Waals surface area contributed by atoms with Gasteiger partial charge in [-0.1, -0.05) is 0 Å². The van der Waals surface area contributed by atoms with E-state index in [1.54, 1.807) is 0 Å². The van der Waals surface area contributed by atoms with Crippen LogP contribution in [0.25, 0.3) is 11.1 Å². The van der Waals surface area contributed by atoms with Gasteiger partial charge in [0.05, 0.1) is 11.9 Å². The van der Waals surface area contributed by atoms with Crippen molar-refractivity contribution in [1.29, 1.82) is 0 Å². The van der Waals surface area contributed by atoms with E-state index >= 15 is 4.39 Å². The van der Waals surface area contributed by atoms with E-state index in [1.807, 2.05) is 0 Å². The molecule has 10 heteroatoms. The lowest BCUT2D eigenvalue weighted by Crippen LogP contribution is -2.41. The van der Waals surface area contributed by atoms with Crippen LogP contribution in [0.2, 0.25) is 0 Å². The van der Waals surface area contributed by atoms with E-state index in [9.17, 15) is 18.0 Å². The molecule has 1 atom stereocenters. The number of nitrogens with two attached hydrogens (primary N) is 1. The molecule has 4 rings (SSSR count). The Morgan fingerprint density at radius 1 is 1.10 bits per heavy atom. The lowest BCUT2D eigenvalue weighted by atomic mass is 9.81. The van der Waals surface area contributed by atoms with Gasteiger partial charge in [0.2, 0.25) is 0 Å². The molecule has 1 aliphatic rings. The van der Waals surface area contributed by atoms with Gasteiger partial charge in [-0.2, -0.15) is 0 Å². The minimum atomic E-state index is -2.04. The minimum Gasteiger partial charge on any atom is -0.369 e. The Balaban J connectivity index is 2.03. The fraction of sp³-hybridized carbons (Fsp3) is 0.143. The predicted octanol–water partition coefficient (Wildman–Crippen LogP) is 3.06. The number of benzene rings is 1. The smallest absolute Gasteiger partial charge is 0.266 e. The third kappa shape index (κ3) is 3.20. The van der Waals surface area contributed by atoms with Gasteiger partial charge in [0.15, 0.2) is 11.5 Å². The summed E-state index contributed by atoms with van der Waals surface area (Å²) in [4.78, 5) is 26.0. The Kier molecular flexibility index (Phi) is 4.92. The summed E-state index contributed by atoms with van der Waals surface area (Å²) in [5.41, 5.74) is 3.40. The molecule has 0 radical (unpaired) electrons. The number of hydrogen-bond acceptors (Lipinski definition) is 5. The molecule has 0 bridgehead atoms. The van der Waals surface area contributed by atoms with Crippen molar-refractivity contribution >= 4 is 11.9 Å². The molecule has 1 amide bonds. The van der Waals surface area contributed by atoms with E-state index in [2.05, 4.69) is 15.0 Å². The molecular weight excluding hydrogens is 414 g/mol. The SMILES string of the molecule is CN1C(=O)C(c2ccnc(CF)c2)(c2cc(-c3cncc(F)c3)c(F)cc2F)N=C1N. The van der Waals surface area contributed by atoms with Crippen molar-refractivity contribution in [2.75, 3.05) is 7.05 Å². The monoisotopic (exact) mass is 429 g/mol. The summed E-state index contributed by atoms with van der Waals surface area (Å²) < 4.78 is 56.6. The molecule has 1 unspecified atom stereocenters. The molecular formula is C21H15F4N5O. The summed E-state index contributed by atoms with van der Waals surface area (Å²) >= 11 is 0. The van der Waals surface area contributed by atoms with Crippen LogP contribution >= 0.6 is 0 Å². The standard InChI is InChI=1S/C21H15F4N5O/c1-30-19(31)21(29-20(30)26,12-2-3-28-14(5-12)8-22)16-6-15(17(24)7-18(16)25)11-4-13(23)10-27-9-11/h2-7,9-10H,8H2,1H3,(H2,26,29). The number of halogens is 4. The molecule has 3 aromatic rings. The van der Waals surface area contributed by atoms with Crippen LogP contribution in [0.1, 0.15) is 16.8 Å². The van der Waals surface area contributed by atoms with Crippen LogP contribution in [0, 0.1) is 17.5 Å². The molecule has 2 aromatic heterocycles. The number of likely N-dealkylation sites (N-methyl/N-ethyl adjacent to an activating group) is 1. The van der Waals surface area contributed by atoms with Gasteiger partial charge in [0, 0.05) is 42.2 Å². The second kappa shape index (κ2) is 7.46. The highest BCUT2D eigenvalue weighted by molar-refractivity contribution is 6.09. The first-order chi connectivity index (χ1) is 14.8. The lowest BCUT2D eigenvalue weighted by molar-refractivity contribution is -0.129. The summed E-state index contributed by atoms with van der Waals surface area (Å²) in [5, 5.41) is 0. The Bertz CT molecular complexity index is 1230. The number of alkyl halides is 1. The largest absolute Gasteiger partial charge is 0.369 e. The predicted molar refractivity (Wildman–Crippen MR) is 104 cm³/mol. The van der Waals surface area contributed by atoms with Gasteiger partial charge in [-0.25, -0.2) is 22.6 Å². The van der Waals surface area contributed by atoms with Crippen LogP contribution in [0.4, 0.5) is 17.6 Å². The fourth-order valence-corrected chi connectivity index (χ4v) is 3.54. The van der Waals surface area contributed by atoms with Gasteiger partial charge in [0.25, 0.3) is 5.91 Å². The Hall–Kier alpha value is -3.82. The normalized spacial score (nSPS) is 18.4. The van der Waals surface area contributed by atoms with Crippen molar-refractivity contribution in [3.8, 4) is 11.1 Å². The maximum absolute atomic E-state index is 15.1. The first-order valence-electron chi connectivity index (χ1n) is 9.03. The molecule has 6 nitrogen and oxygen atoms in total. The van der Waals surface area contributed by atoms with Crippen molar-refractivity contribution in [2.45, 2.75) is 12.2 Å². The number of nitrogens with zero attached hydrogens (tertiary/aromatic N) is 4. The Labute approximate surface area is 174 Å². The van der Waals surface area contributed by atoms with Gasteiger partial charge in [0.1, 0.15) is 24.1 Å². The molecule has 3 heterocycles. The molecule has 0 saturated carbocycles. The molecule has 2 N–H and O–H groups in total. The third-order valence-corrected chi connectivity index (χ3v) is 5.07. The third-order valence-electron chi connectivity index (χ3n) is 5.07. The van der Waals surface area contributed by atoms with E-state index in [1.165, 1.54) is 31.6 Å². The van der Waals surface area contributed by atoms with Crippen molar-refractivity contribution in [3.63, 3.8) is 0 Å². The molecule has 0 fully saturated rings. The van der Waals surface area contributed by atoms with Crippen LogP contribution in [0.15, 0.2) is 53.9 Å². The maximum atomic E-state index is 15.1. The number of carbonyl (C=O) groups is 1. The Morgan fingerprint density at radius 3 is 2.52 bits per heavy atom. The van der Waals surface area contributed by atoms with E-state index < -0.39 is 35.6 Å². The van der Waals surface area contributed by atoms with Crippen LogP contribution in [0.5, 0.6) is 0 Å². The van der Waals surface area contributed by atoms with Gasteiger partial charge in [-0.05, 0) is 29.8 Å². The Morgan fingerprint density at radius 2 is 1.87 bits per heavy atom. The summed E-state index contributed by atoms with van der Waals surface area (Å²) in [7, 11) is 1.35. The number of hydrogen-bond donors (Lipinski definition) is 1. The minimum absolute atomic E-state index is 0.00919. The maximum Gasteiger partial charge on any atom is 0.266 e. The molecule has 31 heavy (non-hydrogen) atoms. The van der Waals surface area contributed by atoms with E-state index in [-0.39, 0.29) is 33.9 Å². The lowest BCUT2D eigenvalue weighted by Gasteiger charge is -2.27. The zero-order valence-electron chi connectivity index (χ0n) is 16.1. The quantitative estimate of drug-likeness (QED) is 0.646. The van der Waals surface area contributed by atoms with Gasteiger partial charge in [-0.15, -0.1) is 0 Å². The number of pyridine rings is 2. The average Bonchev–Trinajstić information content (AvgIpc) is 2.98. The zero-order valence-corrected chi connectivity index (χ0v) is 16.1. The van der Waals surface area contributed by atoms with Crippen LogP contribution < -0.4 is 5.73 Å². The summed E-state index contributed by atoms with van der Waals surface area (Å²) in [5.74, 6) is -3.72. The van der Waals surface area contributed by atoms with Crippen molar-refractivity contribution < 1.29 is 22.4 Å². The first-order valence-corrected chi connectivity index (χ1v) is 9.03. The van der Waals surface area contributed by atoms with Gasteiger partial charge < -0.3 is 5.73 Å². The van der Waals surface area contributed by atoms with Crippen LogP contribution in [0.3, 0.4) is 0 Å². The number of aromatic nitrogens is 2. The molecule has 1 aliphatic heterocycles. The van der Waals surface area contributed by atoms with E-state index in [0.29, 0.717) is 6.07 Å². The van der Waals surface area contributed by atoms with E-state index in [4.69, 9.17) is 5.73 Å². The molecule has 0 aliphatic carbocycles. The molecule has 0 spiro atoms. The zero-order chi connectivity index (χ0) is 22.3. The van der Waals surface area contributed by atoms with Crippen LogP contribution in [-0.2, 0) is 17.0 Å². The van der Waals surface area contributed by atoms with Gasteiger partial charge in [-0.3, -0.25) is 19.7 Å². The van der Waals surface area contributed by atoms with Crippen LogP contribution in [-0.4, -0.2) is 33.8 Å². The fourth-order valence-electron chi connectivity index (χ4n) is 3.54. The van der Waals surface area contributed by atoms with Crippen molar-refractivity contribution in [3.05, 3.63) is 83.2 Å². The highest BCUT2D eigenvalue weighted by Gasteiger charge is 2.51. The highest BCUT2D eigenvalue weighted by Crippen LogP contribution is 2.42.